The maximum absolute atomic E-state index is 13.3. The summed E-state index contributed by atoms with van der Waals surface area (Å²) in [5.74, 6) is -0.732. The van der Waals surface area contributed by atoms with Crippen molar-refractivity contribution in [1.82, 2.24) is 9.78 Å². The molecule has 30 heavy (non-hydrogen) atoms. The first-order chi connectivity index (χ1) is 14.4. The van der Waals surface area contributed by atoms with Crippen LogP contribution in [0, 0.1) is 12.7 Å². The zero-order valence-electron chi connectivity index (χ0n) is 17.0. The number of hydrogen-bond acceptors (Lipinski definition) is 3. The van der Waals surface area contributed by atoms with E-state index in [1.165, 1.54) is 19.1 Å². The Morgan fingerprint density at radius 3 is 2.47 bits per heavy atom. The second kappa shape index (κ2) is 8.10. The highest BCUT2D eigenvalue weighted by molar-refractivity contribution is 6.04. The predicted molar refractivity (Wildman–Crippen MR) is 114 cm³/mol. The zero-order chi connectivity index (χ0) is 21.3. The number of aryl methyl sites for hydroxylation is 1. The summed E-state index contributed by atoms with van der Waals surface area (Å²) in [6.45, 7) is 3.32. The number of anilines is 2. The number of fused-ring (bicyclic) bond motifs is 1. The van der Waals surface area contributed by atoms with Crippen molar-refractivity contribution in [2.24, 2.45) is 0 Å². The lowest BCUT2D eigenvalue weighted by molar-refractivity contribution is -0.114. The molecule has 0 aliphatic heterocycles. The van der Waals surface area contributed by atoms with Crippen molar-refractivity contribution in [3.63, 3.8) is 0 Å². The van der Waals surface area contributed by atoms with Gasteiger partial charge in [-0.25, -0.2) is 9.07 Å². The fourth-order valence-corrected chi connectivity index (χ4v) is 3.84. The van der Waals surface area contributed by atoms with Gasteiger partial charge in [0.2, 0.25) is 5.91 Å². The molecule has 0 radical (unpaired) electrons. The molecule has 2 amide bonds. The topological polar surface area (TPSA) is 76.0 Å². The number of nitrogens with zero attached hydrogens (tertiary/aromatic N) is 2. The molecule has 3 aromatic rings. The zero-order valence-corrected chi connectivity index (χ0v) is 17.0. The Balaban J connectivity index is 1.64. The van der Waals surface area contributed by atoms with Crippen LogP contribution in [0.15, 0.2) is 42.5 Å². The molecule has 1 aliphatic carbocycles. The molecule has 1 aliphatic rings. The Labute approximate surface area is 174 Å². The van der Waals surface area contributed by atoms with Gasteiger partial charge in [0.05, 0.1) is 5.69 Å². The summed E-state index contributed by atoms with van der Waals surface area (Å²) in [6, 6.07) is 11.5. The first-order valence-corrected chi connectivity index (χ1v) is 9.98. The molecular formula is C23H23FN4O2. The minimum atomic E-state index is -0.309. The Morgan fingerprint density at radius 2 is 1.77 bits per heavy atom. The molecule has 2 N–H and O–H groups in total. The van der Waals surface area contributed by atoms with E-state index in [0.29, 0.717) is 17.1 Å². The SMILES string of the molecule is CC(=O)Nc1ccc(NC(=O)c2nn(-c3ccc(F)cc3)c3c2CCCC3)cc1C. The quantitative estimate of drug-likeness (QED) is 0.674. The summed E-state index contributed by atoms with van der Waals surface area (Å²) in [7, 11) is 0. The van der Waals surface area contributed by atoms with Crippen molar-refractivity contribution < 1.29 is 14.0 Å². The van der Waals surface area contributed by atoms with Gasteiger partial charge >= 0.3 is 0 Å². The molecule has 6 nitrogen and oxygen atoms in total. The highest BCUT2D eigenvalue weighted by Crippen LogP contribution is 2.28. The number of hydrogen-bond donors (Lipinski definition) is 2. The van der Waals surface area contributed by atoms with E-state index in [1.807, 2.05) is 13.0 Å². The van der Waals surface area contributed by atoms with Gasteiger partial charge in [-0.3, -0.25) is 9.59 Å². The Bertz CT molecular complexity index is 1120. The molecule has 7 heteroatoms. The average molecular weight is 406 g/mol. The number of nitrogens with one attached hydrogen (secondary N) is 2. The lowest BCUT2D eigenvalue weighted by Crippen LogP contribution is -2.16. The van der Waals surface area contributed by atoms with E-state index in [2.05, 4.69) is 15.7 Å². The first kappa shape index (κ1) is 19.8. The molecule has 0 saturated carbocycles. The van der Waals surface area contributed by atoms with Crippen LogP contribution in [0.25, 0.3) is 5.69 Å². The number of carbonyl (C=O) groups excluding carboxylic acids is 2. The molecule has 154 valence electrons. The van der Waals surface area contributed by atoms with Gasteiger partial charge < -0.3 is 10.6 Å². The Morgan fingerprint density at radius 1 is 1.03 bits per heavy atom. The van der Waals surface area contributed by atoms with Crippen molar-refractivity contribution in [3.05, 3.63) is 70.8 Å². The summed E-state index contributed by atoms with van der Waals surface area (Å²) < 4.78 is 15.1. The lowest BCUT2D eigenvalue weighted by Gasteiger charge is -2.14. The Hall–Kier alpha value is -3.48. The highest BCUT2D eigenvalue weighted by atomic mass is 19.1. The van der Waals surface area contributed by atoms with Gasteiger partial charge in [-0.1, -0.05) is 0 Å². The van der Waals surface area contributed by atoms with Gasteiger partial charge in [0.1, 0.15) is 5.82 Å². The molecular weight excluding hydrogens is 383 g/mol. The van der Waals surface area contributed by atoms with Crippen LogP contribution in [-0.2, 0) is 17.6 Å². The molecule has 0 spiro atoms. The third kappa shape index (κ3) is 3.96. The Kier molecular flexibility index (Phi) is 5.35. The summed E-state index contributed by atoms with van der Waals surface area (Å²) in [5, 5.41) is 10.3. The summed E-state index contributed by atoms with van der Waals surface area (Å²) in [5.41, 5.74) is 5.29. The van der Waals surface area contributed by atoms with Crippen molar-refractivity contribution in [3.8, 4) is 5.69 Å². The molecule has 1 heterocycles. The van der Waals surface area contributed by atoms with E-state index in [4.69, 9.17) is 0 Å². The van der Waals surface area contributed by atoms with Crippen molar-refractivity contribution in [1.29, 1.82) is 0 Å². The standard InChI is InChI=1S/C23H23FN4O2/c1-14-13-17(9-12-20(14)25-15(2)29)26-23(30)22-19-5-3-4-6-21(19)28(27-22)18-10-7-16(24)8-11-18/h7-13H,3-6H2,1-2H3,(H,25,29)(H,26,30). The lowest BCUT2D eigenvalue weighted by atomic mass is 9.95. The minimum absolute atomic E-state index is 0.146. The smallest absolute Gasteiger partial charge is 0.276 e. The van der Waals surface area contributed by atoms with Crippen LogP contribution in [0.3, 0.4) is 0 Å². The molecule has 0 saturated heterocycles. The van der Waals surface area contributed by atoms with Crippen molar-refractivity contribution in [2.75, 3.05) is 10.6 Å². The molecule has 0 bridgehead atoms. The fraction of sp³-hybridized carbons (Fsp3) is 0.261. The van der Waals surface area contributed by atoms with Crippen LogP contribution in [0.2, 0.25) is 0 Å². The van der Waals surface area contributed by atoms with Gasteiger partial charge in [-0.15, -0.1) is 0 Å². The van der Waals surface area contributed by atoms with Crippen molar-refractivity contribution >= 4 is 23.2 Å². The van der Waals surface area contributed by atoms with Crippen LogP contribution in [0.4, 0.5) is 15.8 Å². The second-order valence-corrected chi connectivity index (χ2v) is 7.53. The van der Waals surface area contributed by atoms with E-state index in [9.17, 15) is 14.0 Å². The first-order valence-electron chi connectivity index (χ1n) is 9.98. The number of aromatic nitrogens is 2. The predicted octanol–water partition coefficient (Wildman–Crippen LogP) is 4.41. The number of halogens is 1. The van der Waals surface area contributed by atoms with Gasteiger partial charge in [-0.2, -0.15) is 5.10 Å². The van der Waals surface area contributed by atoms with E-state index in [1.54, 1.807) is 28.9 Å². The van der Waals surface area contributed by atoms with E-state index < -0.39 is 0 Å². The largest absolute Gasteiger partial charge is 0.326 e. The van der Waals surface area contributed by atoms with Gasteiger partial charge in [0.25, 0.3) is 5.91 Å². The normalized spacial score (nSPS) is 12.9. The van der Waals surface area contributed by atoms with Crippen LogP contribution in [0.1, 0.15) is 47.1 Å². The van der Waals surface area contributed by atoms with Gasteiger partial charge in [-0.05, 0) is 80.6 Å². The van der Waals surface area contributed by atoms with E-state index in [0.717, 1.165) is 48.2 Å². The monoisotopic (exact) mass is 406 g/mol. The maximum atomic E-state index is 13.3. The van der Waals surface area contributed by atoms with Crippen LogP contribution >= 0.6 is 0 Å². The third-order valence-electron chi connectivity index (χ3n) is 5.26. The summed E-state index contributed by atoms with van der Waals surface area (Å²) >= 11 is 0. The van der Waals surface area contributed by atoms with Crippen molar-refractivity contribution in [2.45, 2.75) is 39.5 Å². The molecule has 2 aromatic carbocycles. The van der Waals surface area contributed by atoms with Crippen LogP contribution in [0.5, 0.6) is 0 Å². The maximum Gasteiger partial charge on any atom is 0.276 e. The van der Waals surface area contributed by atoms with Crippen LogP contribution in [-0.4, -0.2) is 21.6 Å². The van der Waals surface area contributed by atoms with Gasteiger partial charge in [0.15, 0.2) is 5.69 Å². The number of rotatable bonds is 4. The average Bonchev–Trinajstić information content (AvgIpc) is 3.10. The molecule has 0 fully saturated rings. The summed E-state index contributed by atoms with van der Waals surface area (Å²) in [4.78, 5) is 24.3. The van der Waals surface area contributed by atoms with E-state index in [-0.39, 0.29) is 17.6 Å². The molecule has 0 atom stereocenters. The number of carbonyl (C=O) groups is 2. The molecule has 1 aromatic heterocycles. The minimum Gasteiger partial charge on any atom is -0.326 e. The molecule has 4 rings (SSSR count). The molecule has 0 unspecified atom stereocenters. The second-order valence-electron chi connectivity index (χ2n) is 7.53. The van der Waals surface area contributed by atoms with Gasteiger partial charge in [0, 0.05) is 29.6 Å². The fourth-order valence-electron chi connectivity index (χ4n) is 3.84. The summed E-state index contributed by atoms with van der Waals surface area (Å²) in [6.07, 6.45) is 3.66. The number of amides is 2. The highest BCUT2D eigenvalue weighted by Gasteiger charge is 2.25. The van der Waals surface area contributed by atoms with E-state index >= 15 is 0 Å². The number of benzene rings is 2. The van der Waals surface area contributed by atoms with Crippen LogP contribution < -0.4 is 10.6 Å². The third-order valence-corrected chi connectivity index (χ3v) is 5.26.